The summed E-state index contributed by atoms with van der Waals surface area (Å²) in [6.45, 7) is 5.90. The van der Waals surface area contributed by atoms with E-state index in [9.17, 15) is 0 Å². The minimum atomic E-state index is 0.202. The maximum absolute atomic E-state index is 5.96. The molecule has 0 radical (unpaired) electrons. The lowest BCUT2D eigenvalue weighted by Crippen LogP contribution is -2.36. The fourth-order valence-electron chi connectivity index (χ4n) is 1.03. The average Bonchev–Trinajstić information content (AvgIpc) is 2.05. The van der Waals surface area contributed by atoms with E-state index in [1.807, 2.05) is 30.4 Å². The van der Waals surface area contributed by atoms with Crippen LogP contribution >= 0.6 is 23.5 Å². The molecule has 0 aromatic carbocycles. The summed E-state index contributed by atoms with van der Waals surface area (Å²) in [6, 6.07) is 0.202. The first-order chi connectivity index (χ1) is 5.22. The van der Waals surface area contributed by atoms with Gasteiger partial charge in [-0.2, -0.15) is 23.5 Å². The molecule has 1 heterocycles. The molecule has 0 aromatic rings. The van der Waals surface area contributed by atoms with Gasteiger partial charge in [0.25, 0.3) is 0 Å². The van der Waals surface area contributed by atoms with Crippen molar-refractivity contribution in [3.63, 3.8) is 0 Å². The van der Waals surface area contributed by atoms with E-state index in [1.165, 1.54) is 17.3 Å². The Kier molecular flexibility index (Phi) is 3.82. The summed E-state index contributed by atoms with van der Waals surface area (Å²) in [5, 5.41) is 0.603. The van der Waals surface area contributed by atoms with Crippen molar-refractivity contribution in [1.29, 1.82) is 0 Å². The summed E-state index contributed by atoms with van der Waals surface area (Å²) in [5.74, 6) is 3.72. The lowest BCUT2D eigenvalue weighted by Gasteiger charge is -2.26. The third-order valence-electron chi connectivity index (χ3n) is 1.81. The van der Waals surface area contributed by atoms with Crippen LogP contribution in [-0.4, -0.2) is 28.6 Å². The zero-order valence-corrected chi connectivity index (χ0v) is 8.51. The first kappa shape index (κ1) is 9.49. The van der Waals surface area contributed by atoms with E-state index in [1.54, 1.807) is 0 Å². The van der Waals surface area contributed by atoms with Gasteiger partial charge in [-0.05, 0) is 6.92 Å². The minimum absolute atomic E-state index is 0.202. The summed E-state index contributed by atoms with van der Waals surface area (Å²) < 4.78 is 0. The molecule has 1 aliphatic heterocycles. The van der Waals surface area contributed by atoms with Gasteiger partial charge >= 0.3 is 0 Å². The molecule has 1 aliphatic rings. The van der Waals surface area contributed by atoms with Crippen molar-refractivity contribution >= 4 is 23.5 Å². The number of hydrogen-bond donors (Lipinski definition) is 1. The van der Waals surface area contributed by atoms with Crippen LogP contribution in [0, 0.1) is 0 Å². The van der Waals surface area contributed by atoms with E-state index < -0.39 is 0 Å². The Balaban J connectivity index is 2.38. The molecule has 0 bridgehead atoms. The van der Waals surface area contributed by atoms with Crippen molar-refractivity contribution in [3.8, 4) is 0 Å². The Morgan fingerprint density at radius 3 is 2.82 bits per heavy atom. The number of hydrogen-bond acceptors (Lipinski definition) is 3. The van der Waals surface area contributed by atoms with Crippen LogP contribution in [0.1, 0.15) is 6.92 Å². The van der Waals surface area contributed by atoms with Gasteiger partial charge in [0.05, 0.1) is 0 Å². The zero-order chi connectivity index (χ0) is 8.27. The molecule has 1 saturated heterocycles. The molecule has 0 amide bonds. The van der Waals surface area contributed by atoms with Crippen molar-refractivity contribution in [3.05, 3.63) is 12.2 Å². The highest BCUT2D eigenvalue weighted by atomic mass is 32.2. The monoisotopic (exact) mass is 189 g/mol. The van der Waals surface area contributed by atoms with E-state index >= 15 is 0 Å². The van der Waals surface area contributed by atoms with Gasteiger partial charge in [0.1, 0.15) is 0 Å². The molecule has 64 valence electrons. The Morgan fingerprint density at radius 1 is 1.64 bits per heavy atom. The molecule has 1 fully saturated rings. The number of thioether (sulfide) groups is 2. The molecule has 0 aromatic heterocycles. The molecular formula is C8H15NS2. The van der Waals surface area contributed by atoms with Gasteiger partial charge in [-0.3, -0.25) is 0 Å². The summed E-state index contributed by atoms with van der Waals surface area (Å²) in [6.07, 6.45) is 0. The van der Waals surface area contributed by atoms with Crippen LogP contribution in [0.2, 0.25) is 0 Å². The molecule has 2 unspecified atom stereocenters. The molecular weight excluding hydrogens is 174 g/mol. The van der Waals surface area contributed by atoms with Gasteiger partial charge in [0.2, 0.25) is 0 Å². The van der Waals surface area contributed by atoms with Gasteiger partial charge in [0.15, 0.2) is 0 Å². The molecule has 2 N–H and O–H groups in total. The van der Waals surface area contributed by atoms with Crippen LogP contribution in [0.25, 0.3) is 0 Å². The lowest BCUT2D eigenvalue weighted by molar-refractivity contribution is 0.763. The highest BCUT2D eigenvalue weighted by molar-refractivity contribution is 8.06. The maximum Gasteiger partial charge on any atom is 0.0377 e. The van der Waals surface area contributed by atoms with Gasteiger partial charge in [-0.1, -0.05) is 12.2 Å². The highest BCUT2D eigenvalue weighted by Crippen LogP contribution is 2.27. The van der Waals surface area contributed by atoms with E-state index in [0.29, 0.717) is 5.25 Å². The SMILES string of the molecule is C=C(C)C(N)C1CSCCS1. The lowest BCUT2D eigenvalue weighted by atomic mass is 10.1. The summed E-state index contributed by atoms with van der Waals surface area (Å²) in [7, 11) is 0. The molecule has 11 heavy (non-hydrogen) atoms. The zero-order valence-electron chi connectivity index (χ0n) is 6.88. The summed E-state index contributed by atoms with van der Waals surface area (Å²) in [5.41, 5.74) is 7.07. The molecule has 0 aliphatic carbocycles. The molecule has 1 rings (SSSR count). The van der Waals surface area contributed by atoms with Crippen LogP contribution in [-0.2, 0) is 0 Å². The third kappa shape index (κ3) is 2.73. The summed E-state index contributed by atoms with van der Waals surface area (Å²) in [4.78, 5) is 0. The first-order valence-corrected chi connectivity index (χ1v) is 6.02. The molecule has 2 atom stereocenters. The topological polar surface area (TPSA) is 26.0 Å². The smallest absolute Gasteiger partial charge is 0.0377 e. The normalized spacial score (nSPS) is 28.0. The van der Waals surface area contributed by atoms with Crippen LogP contribution in [0.15, 0.2) is 12.2 Å². The predicted octanol–water partition coefficient (Wildman–Crippen LogP) is 1.74. The second-order valence-corrected chi connectivity index (χ2v) is 5.35. The van der Waals surface area contributed by atoms with Crippen LogP contribution in [0.4, 0.5) is 0 Å². The Morgan fingerprint density at radius 2 is 2.36 bits per heavy atom. The van der Waals surface area contributed by atoms with E-state index in [2.05, 4.69) is 6.58 Å². The van der Waals surface area contributed by atoms with E-state index in [0.717, 1.165) is 5.57 Å². The molecule has 0 spiro atoms. The van der Waals surface area contributed by atoms with Crippen LogP contribution in [0.3, 0.4) is 0 Å². The van der Waals surface area contributed by atoms with Crippen molar-refractivity contribution in [2.75, 3.05) is 17.3 Å². The van der Waals surface area contributed by atoms with Crippen molar-refractivity contribution in [2.45, 2.75) is 18.2 Å². The molecule has 1 nitrogen and oxygen atoms in total. The molecule has 0 saturated carbocycles. The fourth-order valence-corrected chi connectivity index (χ4v) is 3.91. The Bertz CT molecular complexity index is 141. The van der Waals surface area contributed by atoms with Gasteiger partial charge in [-0.25, -0.2) is 0 Å². The largest absolute Gasteiger partial charge is 0.323 e. The van der Waals surface area contributed by atoms with Crippen molar-refractivity contribution in [1.82, 2.24) is 0 Å². The standard InChI is InChI=1S/C8H15NS2/c1-6(2)8(9)7-5-10-3-4-11-7/h7-8H,1,3-5,9H2,2H3. The predicted molar refractivity (Wildman–Crippen MR) is 56.4 cm³/mol. The fraction of sp³-hybridized carbons (Fsp3) is 0.750. The average molecular weight is 189 g/mol. The van der Waals surface area contributed by atoms with E-state index in [4.69, 9.17) is 5.73 Å². The van der Waals surface area contributed by atoms with E-state index in [-0.39, 0.29) is 6.04 Å². The molecule has 3 heteroatoms. The van der Waals surface area contributed by atoms with Crippen molar-refractivity contribution < 1.29 is 0 Å². The van der Waals surface area contributed by atoms with Gasteiger partial charge < -0.3 is 5.73 Å². The Hall–Kier alpha value is 0.400. The van der Waals surface area contributed by atoms with Crippen LogP contribution in [0.5, 0.6) is 0 Å². The first-order valence-electron chi connectivity index (χ1n) is 3.82. The highest BCUT2D eigenvalue weighted by Gasteiger charge is 2.21. The second-order valence-electron chi connectivity index (χ2n) is 2.86. The minimum Gasteiger partial charge on any atom is -0.323 e. The third-order valence-corrected chi connectivity index (χ3v) is 4.70. The quantitative estimate of drug-likeness (QED) is 0.670. The second kappa shape index (κ2) is 4.43. The van der Waals surface area contributed by atoms with Crippen LogP contribution < -0.4 is 5.73 Å². The van der Waals surface area contributed by atoms with Gasteiger partial charge in [-0.15, -0.1) is 0 Å². The Labute approximate surface area is 77.2 Å². The number of rotatable bonds is 2. The summed E-state index contributed by atoms with van der Waals surface area (Å²) >= 11 is 4.00. The van der Waals surface area contributed by atoms with Crippen molar-refractivity contribution in [2.24, 2.45) is 5.73 Å². The number of nitrogens with two attached hydrogens (primary N) is 1. The maximum atomic E-state index is 5.96. The van der Waals surface area contributed by atoms with Gasteiger partial charge in [0, 0.05) is 28.6 Å².